The minimum atomic E-state index is -4.02. The Hall–Kier alpha value is -3.42. The van der Waals surface area contributed by atoms with Gasteiger partial charge in [-0.25, -0.2) is 8.42 Å². The molecule has 1 aromatic heterocycles. The lowest BCUT2D eigenvalue weighted by molar-refractivity contribution is -0.384. The smallest absolute Gasteiger partial charge is 0.309 e. The molecule has 0 unspecified atom stereocenters. The van der Waals surface area contributed by atoms with E-state index in [1.807, 2.05) is 0 Å². The molecule has 1 aliphatic heterocycles. The maximum absolute atomic E-state index is 12.8. The second-order valence-electron chi connectivity index (χ2n) is 6.45. The molecule has 12 nitrogen and oxygen atoms in total. The topological polar surface area (TPSA) is 161 Å². The van der Waals surface area contributed by atoms with Crippen LogP contribution in [0.2, 0.25) is 0 Å². The van der Waals surface area contributed by atoms with Crippen LogP contribution in [0.15, 0.2) is 53.7 Å². The van der Waals surface area contributed by atoms with Crippen molar-refractivity contribution < 1.29 is 27.7 Å². The van der Waals surface area contributed by atoms with Gasteiger partial charge in [0, 0.05) is 37.6 Å². The number of amides is 2. The molecule has 1 fully saturated rings. The summed E-state index contributed by atoms with van der Waals surface area (Å²) in [5.41, 5.74) is 0.473. The molecule has 1 aliphatic rings. The lowest BCUT2D eigenvalue weighted by Gasteiger charge is -2.22. The number of carbonyl (C=O) groups excluding carboxylic acids is 2. The number of nitro groups is 1. The molecule has 0 bridgehead atoms. The fourth-order valence-corrected chi connectivity index (χ4v) is 4.35. The van der Waals surface area contributed by atoms with Crippen molar-refractivity contribution in [2.45, 2.75) is 17.7 Å². The summed E-state index contributed by atoms with van der Waals surface area (Å²) in [4.78, 5) is 37.8. The number of hydrogen-bond acceptors (Lipinski definition) is 8. The molecule has 164 valence electrons. The highest BCUT2D eigenvalue weighted by atomic mass is 32.2. The van der Waals surface area contributed by atoms with Crippen molar-refractivity contribution >= 4 is 27.5 Å². The van der Waals surface area contributed by atoms with Crippen LogP contribution in [0.25, 0.3) is 0 Å². The summed E-state index contributed by atoms with van der Waals surface area (Å²) < 4.78 is 32.1. The van der Waals surface area contributed by atoms with Gasteiger partial charge in [-0.05, 0) is 23.8 Å². The molecular weight excluding hydrogens is 430 g/mol. The number of aromatic nitrogens is 1. The SMILES string of the molecule is O=C(NCc1cccnc1)C(=O)NC[C@@H]1OCCN1S(=O)(=O)c1ccc([N+](=O)[O-])cc1. The molecule has 2 aromatic rings. The average molecular weight is 449 g/mol. The molecule has 2 N–H and O–H groups in total. The van der Waals surface area contributed by atoms with Gasteiger partial charge in [0.25, 0.3) is 5.69 Å². The maximum atomic E-state index is 12.8. The second kappa shape index (κ2) is 9.59. The first-order chi connectivity index (χ1) is 14.8. The highest BCUT2D eigenvalue weighted by Gasteiger charge is 2.36. The zero-order valence-electron chi connectivity index (χ0n) is 16.1. The van der Waals surface area contributed by atoms with E-state index in [9.17, 15) is 28.1 Å². The van der Waals surface area contributed by atoms with Crippen LogP contribution < -0.4 is 10.6 Å². The summed E-state index contributed by atoms with van der Waals surface area (Å²) in [5.74, 6) is -1.82. The number of pyridine rings is 1. The minimum Gasteiger partial charge on any atom is -0.359 e. The first-order valence-corrected chi connectivity index (χ1v) is 10.6. The Balaban J connectivity index is 1.57. The number of non-ortho nitro benzene ring substituents is 1. The molecule has 1 atom stereocenters. The Labute approximate surface area is 177 Å². The molecule has 0 aliphatic carbocycles. The molecule has 0 radical (unpaired) electrons. The van der Waals surface area contributed by atoms with Gasteiger partial charge in [0.05, 0.1) is 23.0 Å². The van der Waals surface area contributed by atoms with Gasteiger partial charge >= 0.3 is 11.8 Å². The Kier molecular flexibility index (Phi) is 6.89. The fourth-order valence-electron chi connectivity index (χ4n) is 2.84. The van der Waals surface area contributed by atoms with E-state index in [1.54, 1.807) is 24.5 Å². The van der Waals surface area contributed by atoms with Crippen LogP contribution in [0, 0.1) is 10.1 Å². The quantitative estimate of drug-likeness (QED) is 0.333. The van der Waals surface area contributed by atoms with E-state index in [1.165, 1.54) is 0 Å². The van der Waals surface area contributed by atoms with Crippen molar-refractivity contribution in [3.05, 3.63) is 64.5 Å². The first kappa shape index (κ1) is 22.3. The highest BCUT2D eigenvalue weighted by Crippen LogP contribution is 2.24. The molecule has 1 aromatic carbocycles. The normalized spacial score (nSPS) is 16.6. The van der Waals surface area contributed by atoms with E-state index in [0.717, 1.165) is 28.6 Å². The van der Waals surface area contributed by atoms with Crippen molar-refractivity contribution in [1.82, 2.24) is 19.9 Å². The molecule has 2 heterocycles. The summed E-state index contributed by atoms with van der Waals surface area (Å²) in [6.07, 6.45) is 2.11. The third-order valence-corrected chi connectivity index (χ3v) is 6.32. The third kappa shape index (κ3) is 5.39. The lowest BCUT2D eigenvalue weighted by atomic mass is 10.3. The fraction of sp³-hybridized carbons (Fsp3) is 0.278. The van der Waals surface area contributed by atoms with Gasteiger partial charge in [0.15, 0.2) is 0 Å². The van der Waals surface area contributed by atoms with Gasteiger partial charge in [-0.3, -0.25) is 24.7 Å². The number of hydrogen-bond donors (Lipinski definition) is 2. The summed E-state index contributed by atoms with van der Waals surface area (Å²) in [7, 11) is -4.02. The van der Waals surface area contributed by atoms with E-state index in [-0.39, 0.29) is 36.8 Å². The number of carbonyl (C=O) groups is 2. The predicted molar refractivity (Wildman–Crippen MR) is 106 cm³/mol. The van der Waals surface area contributed by atoms with Gasteiger partial charge in [-0.2, -0.15) is 4.31 Å². The molecule has 31 heavy (non-hydrogen) atoms. The number of rotatable bonds is 7. The van der Waals surface area contributed by atoms with Crippen molar-refractivity contribution in [3.8, 4) is 0 Å². The van der Waals surface area contributed by atoms with Gasteiger partial charge < -0.3 is 15.4 Å². The average Bonchev–Trinajstić information content (AvgIpc) is 3.26. The Morgan fingerprint density at radius 2 is 1.90 bits per heavy atom. The molecule has 3 rings (SSSR count). The second-order valence-corrected chi connectivity index (χ2v) is 8.34. The molecular formula is C18H19N5O7S. The summed E-state index contributed by atoms with van der Waals surface area (Å²) in [6, 6.07) is 7.87. The number of benzene rings is 1. The van der Waals surface area contributed by atoms with Crippen molar-refractivity contribution in [2.75, 3.05) is 19.7 Å². The first-order valence-electron chi connectivity index (χ1n) is 9.12. The molecule has 2 amide bonds. The maximum Gasteiger partial charge on any atom is 0.309 e. The van der Waals surface area contributed by atoms with Crippen LogP contribution in [0.1, 0.15) is 5.56 Å². The number of nitro benzene ring substituents is 1. The number of ether oxygens (including phenoxy) is 1. The van der Waals surface area contributed by atoms with Crippen LogP contribution in [-0.2, 0) is 30.9 Å². The zero-order valence-corrected chi connectivity index (χ0v) is 16.9. The zero-order chi connectivity index (χ0) is 22.4. The van der Waals surface area contributed by atoms with Crippen LogP contribution in [0.3, 0.4) is 0 Å². The highest BCUT2D eigenvalue weighted by molar-refractivity contribution is 7.89. The number of nitrogens with one attached hydrogen (secondary N) is 2. The third-order valence-electron chi connectivity index (χ3n) is 4.42. The van der Waals surface area contributed by atoms with Crippen LogP contribution in [-0.4, -0.2) is 60.4 Å². The van der Waals surface area contributed by atoms with Crippen LogP contribution in [0.4, 0.5) is 5.69 Å². The van der Waals surface area contributed by atoms with Crippen LogP contribution >= 0.6 is 0 Å². The van der Waals surface area contributed by atoms with E-state index in [2.05, 4.69) is 15.6 Å². The summed E-state index contributed by atoms with van der Waals surface area (Å²) in [5, 5.41) is 15.5. The van der Waals surface area contributed by atoms with Crippen molar-refractivity contribution in [1.29, 1.82) is 0 Å². The number of sulfonamides is 1. The number of nitrogens with zero attached hydrogens (tertiary/aromatic N) is 3. The largest absolute Gasteiger partial charge is 0.359 e. The van der Waals surface area contributed by atoms with E-state index in [4.69, 9.17) is 4.74 Å². The molecule has 0 saturated carbocycles. The van der Waals surface area contributed by atoms with E-state index < -0.39 is 33.0 Å². The molecule has 13 heteroatoms. The Morgan fingerprint density at radius 1 is 1.19 bits per heavy atom. The Morgan fingerprint density at radius 3 is 2.55 bits per heavy atom. The van der Waals surface area contributed by atoms with Crippen molar-refractivity contribution in [3.63, 3.8) is 0 Å². The van der Waals surface area contributed by atoms with Crippen molar-refractivity contribution in [2.24, 2.45) is 0 Å². The van der Waals surface area contributed by atoms with Gasteiger partial charge in [0.2, 0.25) is 10.0 Å². The Bertz CT molecular complexity index is 1060. The molecule has 1 saturated heterocycles. The summed E-state index contributed by atoms with van der Waals surface area (Å²) >= 11 is 0. The van der Waals surface area contributed by atoms with Crippen LogP contribution in [0.5, 0.6) is 0 Å². The minimum absolute atomic E-state index is 0.0348. The van der Waals surface area contributed by atoms with E-state index in [0.29, 0.717) is 5.56 Å². The predicted octanol–water partition coefficient (Wildman–Crippen LogP) is -0.231. The van der Waals surface area contributed by atoms with E-state index >= 15 is 0 Å². The monoisotopic (exact) mass is 449 g/mol. The van der Waals surface area contributed by atoms with Gasteiger partial charge in [-0.15, -0.1) is 0 Å². The van der Waals surface area contributed by atoms with Gasteiger partial charge in [0.1, 0.15) is 6.23 Å². The molecule has 0 spiro atoms. The van der Waals surface area contributed by atoms with Gasteiger partial charge in [-0.1, -0.05) is 6.07 Å². The lowest BCUT2D eigenvalue weighted by Crippen LogP contribution is -2.47. The standard InChI is InChI=1S/C18H19N5O7S/c24-17(20-11-13-2-1-7-19-10-13)18(25)21-12-16-22(8-9-30-16)31(28,29)15-5-3-14(4-6-15)23(26)27/h1-7,10,16H,8-9,11-12H2,(H,20,24)(H,21,25)/t16-/m0/s1. The summed E-state index contributed by atoms with van der Waals surface area (Å²) in [6.45, 7) is -0.000951.